The van der Waals surface area contributed by atoms with Crippen molar-refractivity contribution in [2.24, 2.45) is 5.92 Å². The van der Waals surface area contributed by atoms with Crippen LogP contribution >= 0.6 is 0 Å². The normalized spacial score (nSPS) is 21.7. The Labute approximate surface area is 208 Å². The molecule has 0 spiro atoms. The van der Waals surface area contributed by atoms with Crippen LogP contribution in [0.3, 0.4) is 0 Å². The third kappa shape index (κ3) is 8.10. The average molecular weight is 492 g/mol. The fourth-order valence-electron chi connectivity index (χ4n) is 3.99. The third-order valence-corrected chi connectivity index (χ3v) is 5.90. The van der Waals surface area contributed by atoms with Crippen LogP contribution in [0, 0.1) is 5.92 Å². The molecule has 2 N–H and O–H groups in total. The number of likely N-dealkylation sites (N-methyl/N-ethyl adjacent to an activating group) is 2. The van der Waals surface area contributed by atoms with E-state index in [2.05, 4.69) is 10.6 Å². The predicted molar refractivity (Wildman–Crippen MR) is 136 cm³/mol. The van der Waals surface area contributed by atoms with Crippen LogP contribution in [-0.4, -0.2) is 105 Å². The van der Waals surface area contributed by atoms with Gasteiger partial charge in [0.25, 0.3) is 5.91 Å². The van der Waals surface area contributed by atoms with E-state index in [1.165, 1.54) is 0 Å². The second kappa shape index (κ2) is 12.7. The number of amides is 4. The quantitative estimate of drug-likeness (QED) is 0.654. The topological polar surface area (TPSA) is 103 Å². The first kappa shape index (κ1) is 28.4. The first-order valence-corrected chi connectivity index (χ1v) is 12.0. The van der Waals surface area contributed by atoms with Crippen LogP contribution in [0.2, 0.25) is 0 Å². The molecule has 35 heavy (non-hydrogen) atoms. The van der Waals surface area contributed by atoms with Gasteiger partial charge in [-0.25, -0.2) is 4.79 Å². The molecular weight excluding hydrogens is 450 g/mol. The summed E-state index contributed by atoms with van der Waals surface area (Å²) in [7, 11) is 7.06. The largest absolute Gasteiger partial charge is 0.491 e. The second-order valence-electron chi connectivity index (χ2n) is 9.85. The Morgan fingerprint density at radius 2 is 1.91 bits per heavy atom. The fourth-order valence-corrected chi connectivity index (χ4v) is 3.99. The standard InChI is InChI=1S/C25H41N5O5/c1-16(2)26-25(33)27-19-9-10-20-21(11-19)35-15-18(4)30(23(31)14-28(5)6)12-17(3)22(34-8)13-29(7)24(20)32/h9-11,16-18,22H,12-15H2,1-8H3,(H2,26,27,33)/t17-,18-,22+/m1/s1. The molecular formula is C25H41N5O5. The van der Waals surface area contributed by atoms with E-state index in [1.54, 1.807) is 37.3 Å². The lowest BCUT2D eigenvalue weighted by molar-refractivity contribution is -0.136. The van der Waals surface area contributed by atoms with E-state index in [-0.39, 0.29) is 55.1 Å². The number of hydrogen-bond donors (Lipinski definition) is 2. The Morgan fingerprint density at radius 3 is 2.51 bits per heavy atom. The van der Waals surface area contributed by atoms with Crippen LogP contribution < -0.4 is 15.4 Å². The molecule has 1 aliphatic rings. The van der Waals surface area contributed by atoms with Gasteiger partial charge in [-0.3, -0.25) is 9.59 Å². The van der Waals surface area contributed by atoms with Gasteiger partial charge in [0, 0.05) is 51.0 Å². The van der Waals surface area contributed by atoms with Crippen molar-refractivity contribution in [1.29, 1.82) is 0 Å². The van der Waals surface area contributed by atoms with E-state index in [9.17, 15) is 14.4 Å². The number of hydrogen-bond acceptors (Lipinski definition) is 6. The zero-order chi connectivity index (χ0) is 26.3. The molecule has 4 amide bonds. The molecule has 0 fully saturated rings. The molecule has 3 atom stereocenters. The van der Waals surface area contributed by atoms with E-state index in [4.69, 9.17) is 9.47 Å². The molecule has 0 aromatic heterocycles. The Balaban J connectivity index is 2.42. The summed E-state index contributed by atoms with van der Waals surface area (Å²) in [6.07, 6.45) is -0.254. The highest BCUT2D eigenvalue weighted by Crippen LogP contribution is 2.27. The SMILES string of the molecule is CO[C@H]1CN(C)C(=O)c2ccc(NC(=O)NC(C)C)cc2OC[C@@H](C)N(C(=O)CN(C)C)C[C@H]1C. The van der Waals surface area contributed by atoms with Gasteiger partial charge in [0.15, 0.2) is 0 Å². The van der Waals surface area contributed by atoms with Crippen molar-refractivity contribution < 1.29 is 23.9 Å². The summed E-state index contributed by atoms with van der Waals surface area (Å²) in [4.78, 5) is 43.8. The molecule has 2 rings (SSSR count). The molecule has 0 unspecified atom stereocenters. The van der Waals surface area contributed by atoms with Crippen LogP contribution in [-0.2, 0) is 9.53 Å². The molecule has 0 saturated heterocycles. The lowest BCUT2D eigenvalue weighted by Crippen LogP contribution is -2.50. The molecule has 1 aromatic carbocycles. The van der Waals surface area contributed by atoms with Crippen molar-refractivity contribution in [3.05, 3.63) is 23.8 Å². The van der Waals surface area contributed by atoms with Gasteiger partial charge in [-0.15, -0.1) is 0 Å². The second-order valence-corrected chi connectivity index (χ2v) is 9.85. The fraction of sp³-hybridized carbons (Fsp3) is 0.640. The van der Waals surface area contributed by atoms with E-state index < -0.39 is 0 Å². The molecule has 0 saturated carbocycles. The summed E-state index contributed by atoms with van der Waals surface area (Å²) >= 11 is 0. The summed E-state index contributed by atoms with van der Waals surface area (Å²) in [6.45, 7) is 9.00. The Hall–Kier alpha value is -2.85. The van der Waals surface area contributed by atoms with E-state index in [0.29, 0.717) is 30.1 Å². The molecule has 0 bridgehead atoms. The smallest absolute Gasteiger partial charge is 0.319 e. The van der Waals surface area contributed by atoms with Crippen LogP contribution in [0.15, 0.2) is 18.2 Å². The summed E-state index contributed by atoms with van der Waals surface area (Å²) in [5.74, 6) is 0.129. The number of benzene rings is 1. The summed E-state index contributed by atoms with van der Waals surface area (Å²) in [6, 6.07) is 4.35. The zero-order valence-electron chi connectivity index (χ0n) is 22.3. The summed E-state index contributed by atoms with van der Waals surface area (Å²) < 4.78 is 11.8. The zero-order valence-corrected chi connectivity index (χ0v) is 22.3. The highest BCUT2D eigenvalue weighted by Gasteiger charge is 2.30. The minimum Gasteiger partial charge on any atom is -0.491 e. The Bertz CT molecular complexity index is 891. The predicted octanol–water partition coefficient (Wildman–Crippen LogP) is 2.11. The molecule has 1 aliphatic heterocycles. The Morgan fingerprint density at radius 1 is 1.23 bits per heavy atom. The van der Waals surface area contributed by atoms with Gasteiger partial charge in [-0.2, -0.15) is 0 Å². The maximum absolute atomic E-state index is 13.3. The van der Waals surface area contributed by atoms with Crippen LogP contribution in [0.25, 0.3) is 0 Å². The molecule has 10 nitrogen and oxygen atoms in total. The number of carbonyl (C=O) groups is 3. The highest BCUT2D eigenvalue weighted by molar-refractivity contribution is 5.98. The number of nitrogens with one attached hydrogen (secondary N) is 2. The number of anilines is 1. The number of nitrogens with zero attached hydrogens (tertiary/aromatic N) is 3. The minimum atomic E-state index is -0.345. The van der Waals surface area contributed by atoms with Gasteiger partial charge >= 0.3 is 6.03 Å². The number of methoxy groups -OCH3 is 1. The number of urea groups is 1. The first-order valence-electron chi connectivity index (χ1n) is 12.0. The van der Waals surface area contributed by atoms with Crippen molar-refractivity contribution in [1.82, 2.24) is 20.0 Å². The molecule has 0 radical (unpaired) electrons. The average Bonchev–Trinajstić information content (AvgIpc) is 2.76. The first-order chi connectivity index (χ1) is 16.4. The lowest BCUT2D eigenvalue weighted by atomic mass is 10.0. The van der Waals surface area contributed by atoms with Gasteiger partial charge in [0.05, 0.1) is 24.3 Å². The molecule has 1 aromatic rings. The van der Waals surface area contributed by atoms with Gasteiger partial charge in [-0.1, -0.05) is 6.92 Å². The number of fused-ring (bicyclic) bond motifs is 1. The van der Waals surface area contributed by atoms with E-state index in [0.717, 1.165) is 0 Å². The third-order valence-electron chi connectivity index (χ3n) is 5.90. The van der Waals surface area contributed by atoms with Gasteiger partial charge in [-0.05, 0) is 47.0 Å². The van der Waals surface area contributed by atoms with E-state index in [1.807, 2.05) is 51.6 Å². The molecule has 10 heteroatoms. The van der Waals surface area contributed by atoms with Crippen LogP contribution in [0.1, 0.15) is 38.1 Å². The maximum atomic E-state index is 13.3. The van der Waals surface area contributed by atoms with Crippen molar-refractivity contribution in [2.45, 2.75) is 45.9 Å². The van der Waals surface area contributed by atoms with Crippen molar-refractivity contribution in [3.8, 4) is 5.75 Å². The van der Waals surface area contributed by atoms with Gasteiger partial charge < -0.3 is 34.8 Å². The summed E-state index contributed by atoms with van der Waals surface area (Å²) in [5, 5.41) is 5.54. The number of ether oxygens (including phenoxy) is 2. The van der Waals surface area contributed by atoms with Crippen molar-refractivity contribution >= 4 is 23.5 Å². The highest BCUT2D eigenvalue weighted by atomic mass is 16.5. The van der Waals surface area contributed by atoms with Crippen molar-refractivity contribution in [3.63, 3.8) is 0 Å². The van der Waals surface area contributed by atoms with Crippen LogP contribution in [0.5, 0.6) is 5.75 Å². The van der Waals surface area contributed by atoms with Gasteiger partial charge in [0.2, 0.25) is 5.91 Å². The minimum absolute atomic E-state index is 0.00436. The molecule has 196 valence electrons. The van der Waals surface area contributed by atoms with Crippen molar-refractivity contribution in [2.75, 3.05) is 59.8 Å². The van der Waals surface area contributed by atoms with E-state index >= 15 is 0 Å². The summed E-state index contributed by atoms with van der Waals surface area (Å²) in [5.41, 5.74) is 0.879. The van der Waals surface area contributed by atoms with Crippen LogP contribution in [0.4, 0.5) is 10.5 Å². The maximum Gasteiger partial charge on any atom is 0.319 e. The molecule has 1 heterocycles. The monoisotopic (exact) mass is 491 g/mol. The molecule has 0 aliphatic carbocycles. The Kier molecular flexibility index (Phi) is 10.3. The lowest BCUT2D eigenvalue weighted by Gasteiger charge is -2.36. The number of carbonyl (C=O) groups excluding carboxylic acids is 3. The van der Waals surface area contributed by atoms with Gasteiger partial charge in [0.1, 0.15) is 12.4 Å². The number of rotatable bonds is 5.